The number of benzene rings is 3. The van der Waals surface area contributed by atoms with Gasteiger partial charge in [0, 0.05) is 11.4 Å². The summed E-state index contributed by atoms with van der Waals surface area (Å²) >= 11 is 0. The minimum Gasteiger partial charge on any atom is -0.481 e. The van der Waals surface area contributed by atoms with Gasteiger partial charge in [-0.1, -0.05) is 38.1 Å². The van der Waals surface area contributed by atoms with E-state index in [-0.39, 0.29) is 11.8 Å². The van der Waals surface area contributed by atoms with Gasteiger partial charge in [0.15, 0.2) is 12.2 Å². The smallest absolute Gasteiger partial charge is 0.265 e. The van der Waals surface area contributed by atoms with Crippen molar-refractivity contribution in [1.29, 1.82) is 0 Å². The lowest BCUT2D eigenvalue weighted by molar-refractivity contribution is -0.122. The Balaban J connectivity index is 1.49. The third-order valence-corrected chi connectivity index (χ3v) is 5.45. The molecule has 3 rings (SSSR count). The highest BCUT2D eigenvalue weighted by atomic mass is 16.5. The van der Waals surface area contributed by atoms with E-state index >= 15 is 0 Å². The van der Waals surface area contributed by atoms with Crippen LogP contribution in [0.5, 0.6) is 11.5 Å². The highest BCUT2D eigenvalue weighted by molar-refractivity contribution is 5.96. The molecular formula is C28H32N2O4. The molecule has 0 heterocycles. The van der Waals surface area contributed by atoms with Crippen molar-refractivity contribution in [2.24, 2.45) is 0 Å². The minimum atomic E-state index is -0.656. The van der Waals surface area contributed by atoms with Gasteiger partial charge in [0.2, 0.25) is 0 Å². The van der Waals surface area contributed by atoms with Crippen LogP contribution in [-0.2, 0) is 22.4 Å². The first kappa shape index (κ1) is 24.8. The Kier molecular flexibility index (Phi) is 8.68. The maximum absolute atomic E-state index is 12.5. The van der Waals surface area contributed by atoms with Crippen molar-refractivity contribution >= 4 is 23.2 Å². The van der Waals surface area contributed by atoms with Crippen LogP contribution in [0, 0.1) is 0 Å². The first-order chi connectivity index (χ1) is 16.4. The highest BCUT2D eigenvalue weighted by Gasteiger charge is 2.17. The van der Waals surface area contributed by atoms with Crippen LogP contribution in [0.1, 0.15) is 38.8 Å². The fourth-order valence-electron chi connectivity index (χ4n) is 3.25. The van der Waals surface area contributed by atoms with Crippen molar-refractivity contribution in [2.45, 2.75) is 52.7 Å². The molecule has 0 unspecified atom stereocenters. The van der Waals surface area contributed by atoms with E-state index in [1.807, 2.05) is 48.5 Å². The summed E-state index contributed by atoms with van der Waals surface area (Å²) in [7, 11) is 0. The molecule has 0 bridgehead atoms. The Morgan fingerprint density at radius 1 is 0.618 bits per heavy atom. The normalized spacial score (nSPS) is 12.4. The number of hydrogen-bond acceptors (Lipinski definition) is 4. The van der Waals surface area contributed by atoms with Crippen LogP contribution in [-0.4, -0.2) is 24.0 Å². The zero-order chi connectivity index (χ0) is 24.5. The monoisotopic (exact) mass is 460 g/mol. The van der Waals surface area contributed by atoms with Gasteiger partial charge in [-0.25, -0.2) is 0 Å². The molecule has 3 aromatic carbocycles. The van der Waals surface area contributed by atoms with Gasteiger partial charge in [-0.2, -0.15) is 0 Å². The molecule has 0 spiro atoms. The van der Waals surface area contributed by atoms with E-state index in [1.54, 1.807) is 38.1 Å². The molecule has 0 aliphatic carbocycles. The molecule has 0 saturated heterocycles. The van der Waals surface area contributed by atoms with Crippen LogP contribution in [0.3, 0.4) is 0 Å². The predicted molar refractivity (Wildman–Crippen MR) is 136 cm³/mol. The van der Waals surface area contributed by atoms with E-state index in [2.05, 4.69) is 24.5 Å². The van der Waals surface area contributed by atoms with Gasteiger partial charge in [-0.15, -0.1) is 0 Å². The fraction of sp³-hybridized carbons (Fsp3) is 0.286. The first-order valence-electron chi connectivity index (χ1n) is 11.6. The van der Waals surface area contributed by atoms with E-state index in [1.165, 1.54) is 11.1 Å². The van der Waals surface area contributed by atoms with Crippen LogP contribution < -0.4 is 20.1 Å². The molecule has 2 amide bonds. The summed E-state index contributed by atoms with van der Waals surface area (Å²) in [5.41, 5.74) is 3.65. The van der Waals surface area contributed by atoms with Gasteiger partial charge in [-0.3, -0.25) is 9.59 Å². The molecule has 6 nitrogen and oxygen atoms in total. The summed E-state index contributed by atoms with van der Waals surface area (Å²) in [5, 5.41) is 5.66. The largest absolute Gasteiger partial charge is 0.481 e. The molecule has 0 saturated carbocycles. The number of carbonyl (C=O) groups excluding carboxylic acids is 2. The number of aryl methyl sites for hydroxylation is 2. The molecule has 0 aromatic heterocycles. The van der Waals surface area contributed by atoms with Crippen LogP contribution in [0.15, 0.2) is 72.8 Å². The molecule has 0 aliphatic heterocycles. The number of hydrogen-bond donors (Lipinski definition) is 2. The number of amides is 2. The molecule has 0 fully saturated rings. The van der Waals surface area contributed by atoms with Crippen LogP contribution in [0.2, 0.25) is 0 Å². The van der Waals surface area contributed by atoms with Crippen LogP contribution in [0.4, 0.5) is 11.4 Å². The Bertz CT molecular complexity index is 988. The third kappa shape index (κ3) is 7.10. The summed E-state index contributed by atoms with van der Waals surface area (Å²) in [6, 6.07) is 22.3. The standard InChI is InChI=1S/C28H32N2O4/c1-5-21-7-15-25(16-8-21)33-19(3)27(31)29-23-11-13-24(14-12-23)30-28(32)20(4)34-26-17-9-22(6-2)10-18-26/h7-20H,5-6H2,1-4H3,(H,29,31)(H,30,32)/t19-,20-/m1/s1. The third-order valence-electron chi connectivity index (χ3n) is 5.45. The lowest BCUT2D eigenvalue weighted by Gasteiger charge is -2.16. The summed E-state index contributed by atoms with van der Waals surface area (Å²) in [5.74, 6) is 0.783. The topological polar surface area (TPSA) is 76.7 Å². The lowest BCUT2D eigenvalue weighted by Crippen LogP contribution is -2.30. The van der Waals surface area contributed by atoms with Crippen molar-refractivity contribution in [2.75, 3.05) is 10.6 Å². The molecule has 3 aromatic rings. The molecule has 0 radical (unpaired) electrons. The van der Waals surface area contributed by atoms with Gasteiger partial charge < -0.3 is 20.1 Å². The van der Waals surface area contributed by atoms with E-state index in [0.29, 0.717) is 22.9 Å². The zero-order valence-electron chi connectivity index (χ0n) is 20.1. The van der Waals surface area contributed by atoms with Crippen molar-refractivity contribution in [3.63, 3.8) is 0 Å². The van der Waals surface area contributed by atoms with Crippen molar-refractivity contribution < 1.29 is 19.1 Å². The Morgan fingerprint density at radius 3 is 1.24 bits per heavy atom. The number of carbonyl (C=O) groups is 2. The second-order valence-electron chi connectivity index (χ2n) is 8.07. The van der Waals surface area contributed by atoms with Gasteiger partial charge in [0.1, 0.15) is 11.5 Å². The van der Waals surface area contributed by atoms with Gasteiger partial charge >= 0.3 is 0 Å². The zero-order valence-corrected chi connectivity index (χ0v) is 20.1. The highest BCUT2D eigenvalue weighted by Crippen LogP contribution is 2.18. The fourth-order valence-corrected chi connectivity index (χ4v) is 3.25. The summed E-state index contributed by atoms with van der Waals surface area (Å²) < 4.78 is 11.5. The molecular weight excluding hydrogens is 428 g/mol. The molecule has 2 atom stereocenters. The summed E-state index contributed by atoms with van der Waals surface area (Å²) in [6.45, 7) is 7.58. The molecule has 0 aliphatic rings. The Morgan fingerprint density at radius 2 is 0.941 bits per heavy atom. The Hall–Kier alpha value is -3.80. The number of rotatable bonds is 10. The quantitative estimate of drug-likeness (QED) is 0.411. The average molecular weight is 461 g/mol. The number of nitrogens with one attached hydrogen (secondary N) is 2. The molecule has 34 heavy (non-hydrogen) atoms. The van der Waals surface area contributed by atoms with Gasteiger partial charge in [-0.05, 0) is 86.3 Å². The SMILES string of the molecule is CCc1ccc(O[C@H](C)C(=O)Nc2ccc(NC(=O)[C@@H](C)Oc3ccc(CC)cc3)cc2)cc1. The second-order valence-corrected chi connectivity index (χ2v) is 8.07. The maximum Gasteiger partial charge on any atom is 0.265 e. The first-order valence-corrected chi connectivity index (χ1v) is 11.6. The molecule has 178 valence electrons. The van der Waals surface area contributed by atoms with Gasteiger partial charge in [0.25, 0.3) is 11.8 Å². The minimum absolute atomic E-state index is 0.257. The maximum atomic E-state index is 12.5. The average Bonchev–Trinajstić information content (AvgIpc) is 2.86. The van der Waals surface area contributed by atoms with Crippen LogP contribution in [0.25, 0.3) is 0 Å². The van der Waals surface area contributed by atoms with Crippen molar-refractivity contribution in [3.8, 4) is 11.5 Å². The van der Waals surface area contributed by atoms with E-state index in [9.17, 15) is 9.59 Å². The predicted octanol–water partition coefficient (Wildman–Crippen LogP) is 5.62. The summed E-state index contributed by atoms with van der Waals surface area (Å²) in [6.07, 6.45) is 0.587. The van der Waals surface area contributed by atoms with Crippen molar-refractivity contribution in [3.05, 3.63) is 83.9 Å². The molecule has 6 heteroatoms. The second kappa shape index (κ2) is 11.9. The van der Waals surface area contributed by atoms with E-state index < -0.39 is 12.2 Å². The molecule has 2 N–H and O–H groups in total. The lowest BCUT2D eigenvalue weighted by atomic mass is 10.2. The van der Waals surface area contributed by atoms with E-state index in [4.69, 9.17) is 9.47 Å². The number of anilines is 2. The van der Waals surface area contributed by atoms with Gasteiger partial charge in [0.05, 0.1) is 0 Å². The van der Waals surface area contributed by atoms with Crippen molar-refractivity contribution in [1.82, 2.24) is 0 Å². The number of ether oxygens (including phenoxy) is 2. The summed E-state index contributed by atoms with van der Waals surface area (Å²) in [4.78, 5) is 25.0. The van der Waals surface area contributed by atoms with E-state index in [0.717, 1.165) is 12.8 Å². The Labute approximate surface area is 201 Å². The van der Waals surface area contributed by atoms with Crippen LogP contribution >= 0.6 is 0 Å².